The van der Waals surface area contributed by atoms with Crippen LogP contribution in [0.2, 0.25) is 5.15 Å². The molecule has 3 aromatic rings. The van der Waals surface area contributed by atoms with E-state index >= 15 is 0 Å². The number of halogens is 1. The first kappa shape index (κ1) is 16.2. The quantitative estimate of drug-likeness (QED) is 0.766. The Labute approximate surface area is 143 Å². The lowest BCUT2D eigenvalue weighted by Gasteiger charge is -2.04. The highest BCUT2D eigenvalue weighted by atomic mass is 35.5. The van der Waals surface area contributed by atoms with Gasteiger partial charge in [0.25, 0.3) is 10.0 Å². The van der Waals surface area contributed by atoms with Crippen LogP contribution in [0.1, 0.15) is 16.8 Å². The van der Waals surface area contributed by atoms with Gasteiger partial charge in [-0.15, -0.1) is 0 Å². The van der Waals surface area contributed by atoms with Gasteiger partial charge in [0.05, 0.1) is 15.9 Å². The van der Waals surface area contributed by atoms with Crippen LogP contribution in [0.3, 0.4) is 0 Å². The van der Waals surface area contributed by atoms with E-state index < -0.39 is 10.0 Å². The molecule has 1 aromatic carbocycles. The zero-order valence-corrected chi connectivity index (χ0v) is 15.4. The van der Waals surface area contributed by atoms with E-state index in [1.165, 1.54) is 16.0 Å². The highest BCUT2D eigenvalue weighted by Gasteiger charge is 2.26. The predicted molar refractivity (Wildman–Crippen MR) is 92.9 cm³/mol. The maximum Gasteiger partial charge on any atom is 0.268 e. The molecule has 23 heavy (non-hydrogen) atoms. The van der Waals surface area contributed by atoms with Gasteiger partial charge in [-0.25, -0.2) is 13.4 Å². The maximum absolute atomic E-state index is 12.6. The van der Waals surface area contributed by atoms with Gasteiger partial charge in [0.2, 0.25) is 0 Å². The molecule has 3 rings (SSSR count). The summed E-state index contributed by atoms with van der Waals surface area (Å²) in [5, 5.41) is 4.43. The van der Waals surface area contributed by atoms with Crippen molar-refractivity contribution in [3.63, 3.8) is 0 Å². The normalized spacial score (nSPS) is 12.0. The first-order valence-electron chi connectivity index (χ1n) is 6.79. The second-order valence-corrected chi connectivity index (χ2v) is 8.31. The van der Waals surface area contributed by atoms with Gasteiger partial charge in [0.15, 0.2) is 5.13 Å². The number of sulfonamides is 1. The van der Waals surface area contributed by atoms with Gasteiger partial charge in [-0.05, 0) is 31.9 Å². The average molecular weight is 371 g/mol. The van der Waals surface area contributed by atoms with Crippen LogP contribution < -0.4 is 4.72 Å². The largest absolute Gasteiger partial charge is 0.268 e. The molecule has 0 atom stereocenters. The molecule has 0 saturated heterocycles. The summed E-state index contributed by atoms with van der Waals surface area (Å²) in [5.41, 5.74) is 3.22. The van der Waals surface area contributed by atoms with Crippen LogP contribution in [0.15, 0.2) is 17.0 Å². The van der Waals surface area contributed by atoms with Crippen molar-refractivity contribution in [1.29, 1.82) is 0 Å². The van der Waals surface area contributed by atoms with Gasteiger partial charge >= 0.3 is 0 Å². The van der Waals surface area contributed by atoms with Crippen LogP contribution >= 0.6 is 22.9 Å². The molecule has 2 heterocycles. The number of rotatable bonds is 3. The molecule has 122 valence electrons. The Morgan fingerprint density at radius 1 is 1.22 bits per heavy atom. The number of benzene rings is 1. The van der Waals surface area contributed by atoms with Crippen molar-refractivity contribution in [2.24, 2.45) is 7.05 Å². The van der Waals surface area contributed by atoms with Gasteiger partial charge in [-0.1, -0.05) is 35.1 Å². The summed E-state index contributed by atoms with van der Waals surface area (Å²) in [7, 11) is -2.25. The van der Waals surface area contributed by atoms with E-state index in [9.17, 15) is 8.42 Å². The molecule has 0 aliphatic rings. The average Bonchev–Trinajstić information content (AvgIpc) is 2.96. The van der Waals surface area contributed by atoms with Crippen LogP contribution in [0.4, 0.5) is 5.13 Å². The van der Waals surface area contributed by atoms with E-state index in [0.29, 0.717) is 10.8 Å². The number of anilines is 1. The summed E-state index contributed by atoms with van der Waals surface area (Å²) in [5.74, 6) is 0. The minimum Gasteiger partial charge on any atom is -0.255 e. The summed E-state index contributed by atoms with van der Waals surface area (Å²) < 4.78 is 30.1. The second-order valence-electron chi connectivity index (χ2n) is 5.33. The summed E-state index contributed by atoms with van der Waals surface area (Å²) >= 11 is 7.36. The Hall–Kier alpha value is -1.64. The Morgan fingerprint density at radius 2 is 1.87 bits per heavy atom. The van der Waals surface area contributed by atoms with Crippen molar-refractivity contribution in [2.75, 3.05) is 4.72 Å². The molecule has 0 amide bonds. The van der Waals surface area contributed by atoms with Gasteiger partial charge < -0.3 is 0 Å². The van der Waals surface area contributed by atoms with Gasteiger partial charge in [0, 0.05) is 7.05 Å². The van der Waals surface area contributed by atoms with Crippen molar-refractivity contribution in [3.05, 3.63) is 34.1 Å². The molecule has 2 aromatic heterocycles. The fourth-order valence-corrected chi connectivity index (χ4v) is 5.38. The minimum absolute atomic E-state index is 0.0191. The van der Waals surface area contributed by atoms with Crippen molar-refractivity contribution in [1.82, 2.24) is 14.8 Å². The van der Waals surface area contributed by atoms with E-state index in [0.717, 1.165) is 21.3 Å². The number of thiazole rings is 1. The smallest absolute Gasteiger partial charge is 0.255 e. The molecule has 0 fully saturated rings. The van der Waals surface area contributed by atoms with Crippen LogP contribution in [0.5, 0.6) is 0 Å². The van der Waals surface area contributed by atoms with E-state index in [1.807, 2.05) is 26.0 Å². The van der Waals surface area contributed by atoms with Crippen LogP contribution in [0, 0.1) is 20.8 Å². The molecule has 1 N–H and O–H groups in total. The number of nitrogens with zero attached hydrogens (tertiary/aromatic N) is 3. The van der Waals surface area contributed by atoms with E-state index in [4.69, 9.17) is 11.6 Å². The summed E-state index contributed by atoms with van der Waals surface area (Å²) in [6, 6.07) is 3.97. The van der Waals surface area contributed by atoms with E-state index in [2.05, 4.69) is 14.8 Å². The molecule has 9 heteroatoms. The lowest BCUT2D eigenvalue weighted by molar-refractivity contribution is 0.600. The van der Waals surface area contributed by atoms with Gasteiger partial charge in [-0.2, -0.15) is 5.10 Å². The lowest BCUT2D eigenvalue weighted by Crippen LogP contribution is -2.13. The Kier molecular flexibility index (Phi) is 3.86. The minimum atomic E-state index is -3.84. The third-order valence-corrected chi connectivity index (χ3v) is 6.80. The van der Waals surface area contributed by atoms with Crippen molar-refractivity contribution < 1.29 is 8.42 Å². The Morgan fingerprint density at radius 3 is 2.43 bits per heavy atom. The van der Waals surface area contributed by atoms with Gasteiger partial charge in [-0.3, -0.25) is 9.40 Å². The molecule has 0 aliphatic carbocycles. The fraction of sp³-hybridized carbons (Fsp3) is 0.286. The Balaban J connectivity index is 2.08. The first-order valence-corrected chi connectivity index (χ1v) is 9.47. The molecule has 6 nitrogen and oxygen atoms in total. The summed E-state index contributed by atoms with van der Waals surface area (Å²) in [6.45, 7) is 5.52. The van der Waals surface area contributed by atoms with Crippen LogP contribution in [0.25, 0.3) is 10.2 Å². The number of hydrogen-bond donors (Lipinski definition) is 1. The molecular formula is C14H15ClN4O2S2. The summed E-state index contributed by atoms with van der Waals surface area (Å²) in [6.07, 6.45) is 0. The van der Waals surface area contributed by atoms with E-state index in [-0.39, 0.29) is 10.0 Å². The maximum atomic E-state index is 12.6. The molecule has 0 spiro atoms. The molecule has 0 radical (unpaired) electrons. The molecular weight excluding hydrogens is 356 g/mol. The first-order chi connectivity index (χ1) is 10.7. The molecule has 0 aliphatic heterocycles. The lowest BCUT2D eigenvalue weighted by atomic mass is 10.1. The van der Waals surface area contributed by atoms with Crippen LogP contribution in [-0.4, -0.2) is 23.2 Å². The second kappa shape index (κ2) is 5.47. The SMILES string of the molecule is Cc1nn(C)c(Cl)c1S(=O)(=O)Nc1nc2c(C)ccc(C)c2s1. The van der Waals surface area contributed by atoms with Crippen molar-refractivity contribution >= 4 is 48.3 Å². The Bertz CT molecular complexity index is 982. The van der Waals surface area contributed by atoms with E-state index in [1.54, 1.807) is 14.0 Å². The number of nitrogens with one attached hydrogen (secondary N) is 1. The predicted octanol–water partition coefficient (Wildman–Crippen LogP) is 3.41. The molecule has 0 unspecified atom stereocenters. The highest BCUT2D eigenvalue weighted by Crippen LogP contribution is 2.33. The number of hydrogen-bond acceptors (Lipinski definition) is 5. The standard InChI is InChI=1S/C14H15ClN4O2S2/c1-7-5-6-8(2)11-10(7)16-14(22-11)18-23(20,21)12-9(3)17-19(4)13(12)15/h5-6H,1-4H3,(H,16,18). The number of fused-ring (bicyclic) bond motifs is 1. The third-order valence-electron chi connectivity index (χ3n) is 3.53. The van der Waals surface area contributed by atoms with Crippen LogP contribution in [-0.2, 0) is 17.1 Å². The summed E-state index contributed by atoms with van der Waals surface area (Å²) in [4.78, 5) is 4.39. The number of aryl methyl sites for hydroxylation is 4. The zero-order valence-electron chi connectivity index (χ0n) is 13.0. The van der Waals surface area contributed by atoms with Gasteiger partial charge in [0.1, 0.15) is 10.0 Å². The highest BCUT2D eigenvalue weighted by molar-refractivity contribution is 7.93. The zero-order chi connectivity index (χ0) is 16.9. The molecule has 0 bridgehead atoms. The molecule has 0 saturated carbocycles. The van der Waals surface area contributed by atoms with Crippen molar-refractivity contribution in [3.8, 4) is 0 Å². The van der Waals surface area contributed by atoms with Crippen molar-refractivity contribution in [2.45, 2.75) is 25.7 Å². The fourth-order valence-electron chi connectivity index (χ4n) is 2.38. The third kappa shape index (κ3) is 2.71. The monoisotopic (exact) mass is 370 g/mol. The topological polar surface area (TPSA) is 76.9 Å². The number of aromatic nitrogens is 3.